The molecule has 430 valence electrons. The Hall–Kier alpha value is -6.24. The average Bonchev–Trinajstić information content (AvgIpc) is 3.89. The summed E-state index contributed by atoms with van der Waals surface area (Å²) < 4.78 is 104. The number of piperazine rings is 1. The van der Waals surface area contributed by atoms with E-state index in [1.807, 2.05) is 4.90 Å². The van der Waals surface area contributed by atoms with Gasteiger partial charge in [0.1, 0.15) is 11.9 Å². The Morgan fingerprint density at radius 3 is 1.57 bits per heavy atom. The lowest BCUT2D eigenvalue weighted by atomic mass is 10.0. The molecule has 4 aliphatic rings. The average molecular weight is 1160 g/mol. The maximum absolute atomic E-state index is 13.5. The Labute approximate surface area is 463 Å². The van der Waals surface area contributed by atoms with Crippen LogP contribution >= 0.6 is 11.6 Å². The zero-order valence-electron chi connectivity index (χ0n) is 43.6. The number of hydrogen-bond donors (Lipinski definition) is 6. The number of unbranched alkanes of at least 4 members (excludes halogenated alkanes) is 1. The molecule has 2 atom stereocenters. The number of carbonyl (C=O) groups excluding carboxylic acids is 5. The number of nitrogens with one attached hydrogen (secondary N) is 6. The molecule has 0 unspecified atom stereocenters. The van der Waals surface area contributed by atoms with E-state index in [0.717, 1.165) is 4.90 Å². The number of urea groups is 2. The predicted octanol–water partition coefficient (Wildman–Crippen LogP) is 4.14. The molecule has 79 heavy (non-hydrogen) atoms. The number of hydrogen-bond acceptors (Lipinski definition) is 12. The topological polar surface area (TPSA) is 272 Å². The first-order chi connectivity index (χ1) is 37.7. The second kappa shape index (κ2) is 27.8. The Kier molecular flexibility index (Phi) is 21.2. The highest BCUT2D eigenvalue weighted by atomic mass is 35.5. The van der Waals surface area contributed by atoms with Crippen molar-refractivity contribution < 1.29 is 58.7 Å². The second-order valence-corrected chi connectivity index (χ2v) is 23.7. The zero-order valence-corrected chi connectivity index (χ0v) is 46.0. The van der Waals surface area contributed by atoms with Crippen molar-refractivity contribution in [1.82, 2.24) is 50.3 Å². The van der Waals surface area contributed by atoms with Crippen LogP contribution in [0.15, 0.2) is 76.5 Å². The lowest BCUT2D eigenvalue weighted by Crippen LogP contribution is -2.55. The van der Waals surface area contributed by atoms with Crippen LogP contribution in [0, 0.1) is 11.3 Å². The molecule has 3 heterocycles. The van der Waals surface area contributed by atoms with Crippen molar-refractivity contribution in [3.05, 3.63) is 88.4 Å². The molecular weight excluding hydrogens is 1100 g/mol. The van der Waals surface area contributed by atoms with Crippen molar-refractivity contribution in [2.24, 2.45) is 0 Å². The van der Waals surface area contributed by atoms with Gasteiger partial charge < -0.3 is 40.7 Å². The molecule has 21 nitrogen and oxygen atoms in total. The summed E-state index contributed by atoms with van der Waals surface area (Å²) in [5.74, 6) is -1.74. The first-order valence-corrected chi connectivity index (χ1v) is 29.8. The van der Waals surface area contributed by atoms with Crippen LogP contribution in [0.3, 0.4) is 0 Å². The van der Waals surface area contributed by atoms with E-state index in [1.54, 1.807) is 34.1 Å². The minimum Gasteiger partial charge on any atom is -0.484 e. The molecule has 0 saturated carbocycles. The molecule has 0 spiro atoms. The molecule has 0 radical (unpaired) electrons. The third-order valence-electron chi connectivity index (χ3n) is 14.4. The highest BCUT2D eigenvalue weighted by Crippen LogP contribution is 2.42. The number of sulfonamides is 2. The summed E-state index contributed by atoms with van der Waals surface area (Å²) in [5.41, 5.74) is 1.66. The van der Waals surface area contributed by atoms with E-state index in [0.29, 0.717) is 131 Å². The molecular formula is C52H67ClF3N11O10S2. The van der Waals surface area contributed by atoms with Crippen LogP contribution in [-0.4, -0.2) is 169 Å². The van der Waals surface area contributed by atoms with Gasteiger partial charge in [-0.15, -0.1) is 0 Å². The van der Waals surface area contributed by atoms with Crippen LogP contribution < -0.4 is 35.4 Å². The number of benzene rings is 3. The first kappa shape index (κ1) is 60.4. The van der Waals surface area contributed by atoms with Crippen molar-refractivity contribution in [3.8, 4) is 11.8 Å². The molecule has 3 fully saturated rings. The van der Waals surface area contributed by atoms with Crippen LogP contribution in [0.5, 0.6) is 5.75 Å². The van der Waals surface area contributed by atoms with Gasteiger partial charge in [0.15, 0.2) is 0 Å². The molecule has 27 heteroatoms. The largest absolute Gasteiger partial charge is 0.484 e. The minimum atomic E-state index is -4.98. The van der Waals surface area contributed by atoms with E-state index in [2.05, 4.69) is 36.8 Å². The van der Waals surface area contributed by atoms with E-state index in [9.17, 15) is 59.2 Å². The Morgan fingerprint density at radius 2 is 1.10 bits per heavy atom. The smallest absolute Gasteiger partial charge is 0.471 e. The van der Waals surface area contributed by atoms with Gasteiger partial charge in [0, 0.05) is 108 Å². The SMILES string of the molecule is N#Cc1cc(Cl)cc2c1C[C@H](N1CCN(C(=O)C(F)(F)F)CC1)[C@H]2Oc1ccc(S(=O)(=O)NC2CCN(C(=O)CCCNC(=O)NCCCCNC(=O)NCCCC(=O)N3CCC(NS(=O)(=O)c4ccccc4)CC3)CC2)cc1. The van der Waals surface area contributed by atoms with Gasteiger partial charge in [0.05, 0.1) is 27.5 Å². The molecule has 7 rings (SSSR count). The molecule has 0 bridgehead atoms. The maximum Gasteiger partial charge on any atom is 0.471 e. The number of alkyl halides is 3. The zero-order chi connectivity index (χ0) is 56.7. The predicted molar refractivity (Wildman–Crippen MR) is 284 cm³/mol. The van der Waals surface area contributed by atoms with Gasteiger partial charge >= 0.3 is 24.1 Å². The molecule has 6 N–H and O–H groups in total. The van der Waals surface area contributed by atoms with E-state index in [-0.39, 0.29) is 85.3 Å². The fourth-order valence-electron chi connectivity index (χ4n) is 10.2. The summed E-state index contributed by atoms with van der Waals surface area (Å²) in [4.78, 5) is 68.3. The Balaban J connectivity index is 0.718. The van der Waals surface area contributed by atoms with E-state index in [1.165, 1.54) is 42.5 Å². The molecule has 3 aromatic rings. The fraction of sp³-hybridized carbons (Fsp3) is 0.538. The lowest BCUT2D eigenvalue weighted by Gasteiger charge is -2.40. The summed E-state index contributed by atoms with van der Waals surface area (Å²) in [6.45, 7) is 2.87. The van der Waals surface area contributed by atoms with Crippen molar-refractivity contribution >= 4 is 61.4 Å². The monoisotopic (exact) mass is 1160 g/mol. The standard InChI is InChI=1S/C52H67ClF3N11O10S2/c53-37-32-36(35-57)43-34-45(64-28-30-67(31-29-64)49(70)52(54,55)56)48(44(43)33-37)77-40-12-14-42(15-13-40)79(75,76)63-39-18-26-66(27-19-39)47(69)11-7-23-61-51(72)59-21-5-4-20-58-50(71)60-22-6-10-46(68)65-24-16-38(17-25-65)62-78(73,74)41-8-2-1-3-9-41/h1-3,8-9,12-15,32-33,38-39,45,48,62-63H,4-7,10-11,16-31,34H2,(H2,58,60,71)(H2,59,61,72)/t45-,48-/m0/s1. The van der Waals surface area contributed by atoms with E-state index >= 15 is 0 Å². The summed E-state index contributed by atoms with van der Waals surface area (Å²) in [5, 5.41) is 21.1. The van der Waals surface area contributed by atoms with Crippen molar-refractivity contribution in [1.29, 1.82) is 5.26 Å². The summed E-state index contributed by atoms with van der Waals surface area (Å²) >= 11 is 6.38. The number of fused-ring (bicyclic) bond motifs is 1. The number of piperidine rings is 2. The van der Waals surface area contributed by atoms with Crippen LogP contribution in [0.2, 0.25) is 5.02 Å². The first-order valence-electron chi connectivity index (χ1n) is 26.5. The van der Waals surface area contributed by atoms with Gasteiger partial charge in [-0.1, -0.05) is 29.8 Å². The molecule has 0 aromatic heterocycles. The summed E-state index contributed by atoms with van der Waals surface area (Å²) in [6, 6.07) is 17.5. The number of nitriles is 1. The van der Waals surface area contributed by atoms with Crippen LogP contribution in [0.1, 0.15) is 87.0 Å². The fourth-order valence-corrected chi connectivity index (χ4v) is 13.0. The Bertz CT molecular complexity index is 2880. The van der Waals surface area contributed by atoms with Crippen molar-refractivity contribution in [3.63, 3.8) is 0 Å². The number of halogens is 4. The third kappa shape index (κ3) is 17.1. The lowest BCUT2D eigenvalue weighted by molar-refractivity contribution is -0.187. The van der Waals surface area contributed by atoms with Gasteiger partial charge in [-0.05, 0) is 117 Å². The number of likely N-dealkylation sites (tertiary alicyclic amines) is 2. The minimum absolute atomic E-state index is 0.0161. The highest BCUT2D eigenvalue weighted by Gasteiger charge is 2.46. The Morgan fingerprint density at radius 1 is 0.633 bits per heavy atom. The summed E-state index contributed by atoms with van der Waals surface area (Å²) in [6.07, 6.45) is -1.04. The number of nitrogens with zero attached hydrogens (tertiary/aromatic N) is 5. The highest BCUT2D eigenvalue weighted by molar-refractivity contribution is 7.89. The van der Waals surface area contributed by atoms with Gasteiger partial charge in [-0.2, -0.15) is 18.4 Å². The quantitative estimate of drug-likeness (QED) is 0.0776. The molecule has 3 saturated heterocycles. The van der Waals surface area contributed by atoms with E-state index < -0.39 is 50.3 Å². The van der Waals surface area contributed by atoms with Crippen molar-refractivity contribution in [2.75, 3.05) is 78.5 Å². The summed E-state index contributed by atoms with van der Waals surface area (Å²) in [7, 11) is -7.61. The van der Waals surface area contributed by atoms with E-state index in [4.69, 9.17) is 16.3 Å². The maximum atomic E-state index is 13.5. The van der Waals surface area contributed by atoms with Gasteiger partial charge in [0.25, 0.3) is 0 Å². The van der Waals surface area contributed by atoms with Crippen LogP contribution in [0.25, 0.3) is 0 Å². The number of amides is 7. The van der Waals surface area contributed by atoms with Gasteiger partial charge in [-0.3, -0.25) is 19.3 Å². The van der Waals surface area contributed by atoms with Crippen LogP contribution in [0.4, 0.5) is 22.8 Å². The number of ether oxygens (including phenoxy) is 1. The molecule has 7 amide bonds. The molecule has 3 aliphatic heterocycles. The number of rotatable bonds is 22. The second-order valence-electron chi connectivity index (χ2n) is 19.9. The van der Waals surface area contributed by atoms with Gasteiger partial charge in [0.2, 0.25) is 31.9 Å². The number of carbonyl (C=O) groups is 5. The molecule has 3 aromatic carbocycles. The van der Waals surface area contributed by atoms with Crippen molar-refractivity contribution in [2.45, 2.75) is 111 Å². The normalized spacial score (nSPS) is 18.5. The third-order valence-corrected chi connectivity index (χ3v) is 17.7. The molecule has 1 aliphatic carbocycles. The van der Waals surface area contributed by atoms with Crippen LogP contribution in [-0.2, 0) is 40.9 Å². The van der Waals surface area contributed by atoms with Gasteiger partial charge in [-0.25, -0.2) is 35.9 Å².